The first-order valence-corrected chi connectivity index (χ1v) is 7.68. The molecule has 2 aromatic rings. The molecule has 1 saturated carbocycles. The minimum absolute atomic E-state index is 0.135. The van der Waals surface area contributed by atoms with Gasteiger partial charge in [-0.15, -0.1) is 0 Å². The Morgan fingerprint density at radius 3 is 2.45 bits per heavy atom. The predicted molar refractivity (Wildman–Crippen MR) is 76.0 cm³/mol. The second-order valence-corrected chi connectivity index (χ2v) is 6.23. The summed E-state index contributed by atoms with van der Waals surface area (Å²) in [4.78, 5) is 6.35. The summed E-state index contributed by atoms with van der Waals surface area (Å²) < 4.78 is 40.1. The maximum Gasteiger partial charge on any atom is 0.391 e. The summed E-state index contributed by atoms with van der Waals surface area (Å²) in [5.74, 6) is 0.113. The van der Waals surface area contributed by atoms with E-state index in [4.69, 9.17) is 0 Å². The van der Waals surface area contributed by atoms with Crippen LogP contribution < -0.4 is 4.90 Å². The Kier molecular flexibility index (Phi) is 3.06. The Balaban J connectivity index is 1.59. The number of halogens is 3. The first kappa shape index (κ1) is 13.8. The number of anilines is 1. The number of aromatic nitrogens is 3. The van der Waals surface area contributed by atoms with Crippen molar-refractivity contribution in [1.82, 2.24) is 14.6 Å². The number of nitrogens with zero attached hydrogens (tertiary/aromatic N) is 4. The number of hydrogen-bond donors (Lipinski definition) is 0. The topological polar surface area (TPSA) is 33.4 Å². The van der Waals surface area contributed by atoms with E-state index >= 15 is 0 Å². The van der Waals surface area contributed by atoms with Gasteiger partial charge in [0.05, 0.1) is 11.6 Å². The van der Waals surface area contributed by atoms with Crippen LogP contribution in [0.5, 0.6) is 0 Å². The maximum atomic E-state index is 12.8. The SMILES string of the molecule is FC(F)(F)C1CCN(c2nccn3nc(C4CC4)cc23)CC1. The van der Waals surface area contributed by atoms with Gasteiger partial charge in [-0.2, -0.15) is 18.3 Å². The molecule has 0 atom stereocenters. The lowest BCUT2D eigenvalue weighted by Gasteiger charge is -2.33. The molecule has 2 aromatic heterocycles. The summed E-state index contributed by atoms with van der Waals surface area (Å²) in [6.07, 6.45) is 2.00. The third kappa shape index (κ3) is 2.42. The lowest BCUT2D eigenvalue weighted by Crippen LogP contribution is -2.39. The third-order valence-corrected chi connectivity index (χ3v) is 4.64. The summed E-state index contributed by atoms with van der Waals surface area (Å²) in [5, 5.41) is 4.55. The van der Waals surface area contributed by atoms with Crippen LogP contribution in [-0.2, 0) is 0 Å². The molecule has 4 nitrogen and oxygen atoms in total. The molecule has 2 aliphatic rings. The largest absolute Gasteiger partial charge is 0.391 e. The molecule has 1 saturated heterocycles. The van der Waals surface area contributed by atoms with Gasteiger partial charge in [0.15, 0.2) is 5.82 Å². The highest BCUT2D eigenvalue weighted by Gasteiger charge is 2.41. The summed E-state index contributed by atoms with van der Waals surface area (Å²) in [5.41, 5.74) is 1.97. The van der Waals surface area contributed by atoms with Crippen molar-refractivity contribution in [2.75, 3.05) is 18.0 Å². The van der Waals surface area contributed by atoms with Crippen molar-refractivity contribution in [2.45, 2.75) is 37.8 Å². The van der Waals surface area contributed by atoms with E-state index in [2.05, 4.69) is 10.1 Å². The van der Waals surface area contributed by atoms with Crippen molar-refractivity contribution < 1.29 is 13.2 Å². The highest BCUT2D eigenvalue weighted by atomic mass is 19.4. The summed E-state index contributed by atoms with van der Waals surface area (Å²) >= 11 is 0. The Morgan fingerprint density at radius 2 is 1.82 bits per heavy atom. The fourth-order valence-corrected chi connectivity index (χ4v) is 3.17. The Labute approximate surface area is 125 Å². The van der Waals surface area contributed by atoms with Gasteiger partial charge in [-0.1, -0.05) is 0 Å². The zero-order valence-corrected chi connectivity index (χ0v) is 12.1. The monoisotopic (exact) mass is 310 g/mol. The molecule has 1 aliphatic heterocycles. The second-order valence-electron chi connectivity index (χ2n) is 6.23. The fraction of sp³-hybridized carbons (Fsp3) is 0.600. The van der Waals surface area contributed by atoms with Crippen molar-refractivity contribution in [1.29, 1.82) is 0 Å². The molecule has 1 aliphatic carbocycles. The number of rotatable bonds is 2. The van der Waals surface area contributed by atoms with Crippen molar-refractivity contribution in [2.24, 2.45) is 5.92 Å². The molecule has 0 N–H and O–H groups in total. The van der Waals surface area contributed by atoms with Gasteiger partial charge >= 0.3 is 6.18 Å². The first-order chi connectivity index (χ1) is 10.5. The predicted octanol–water partition coefficient (Wildman–Crippen LogP) is 3.39. The quantitative estimate of drug-likeness (QED) is 0.852. The van der Waals surface area contributed by atoms with Gasteiger partial charge in [-0.05, 0) is 31.7 Å². The van der Waals surface area contributed by atoms with Crippen molar-refractivity contribution >= 4 is 11.3 Å². The van der Waals surface area contributed by atoms with Gasteiger partial charge in [0.1, 0.15) is 5.52 Å². The van der Waals surface area contributed by atoms with E-state index in [1.54, 1.807) is 16.9 Å². The molecular weight excluding hydrogens is 293 g/mol. The van der Waals surface area contributed by atoms with Crippen LogP contribution in [0, 0.1) is 5.92 Å². The minimum atomic E-state index is -4.08. The smallest absolute Gasteiger partial charge is 0.355 e. The molecule has 0 spiro atoms. The molecule has 118 valence electrons. The van der Waals surface area contributed by atoms with E-state index in [9.17, 15) is 13.2 Å². The van der Waals surface area contributed by atoms with Crippen molar-refractivity contribution in [3.63, 3.8) is 0 Å². The van der Waals surface area contributed by atoms with E-state index in [0.717, 1.165) is 17.0 Å². The van der Waals surface area contributed by atoms with E-state index in [0.29, 0.717) is 19.0 Å². The van der Waals surface area contributed by atoms with E-state index in [-0.39, 0.29) is 12.8 Å². The molecule has 0 bridgehead atoms. The van der Waals surface area contributed by atoms with E-state index < -0.39 is 12.1 Å². The van der Waals surface area contributed by atoms with Crippen molar-refractivity contribution in [3.05, 3.63) is 24.2 Å². The van der Waals surface area contributed by atoms with Crippen LogP contribution in [0.3, 0.4) is 0 Å². The first-order valence-electron chi connectivity index (χ1n) is 7.68. The standard InChI is InChI=1S/C15H17F3N4/c16-15(17,18)11-3-6-21(7-4-11)14-13-9-12(10-1-2-10)20-22(13)8-5-19-14/h5,8-11H,1-4,6-7H2. The molecule has 0 unspecified atom stereocenters. The molecular formula is C15H17F3N4. The lowest BCUT2D eigenvalue weighted by atomic mass is 9.96. The second kappa shape index (κ2) is 4.86. The summed E-state index contributed by atoms with van der Waals surface area (Å²) in [6, 6.07) is 2.04. The van der Waals surface area contributed by atoms with Crippen LogP contribution in [0.4, 0.5) is 19.0 Å². The average molecular weight is 310 g/mol. The highest BCUT2D eigenvalue weighted by molar-refractivity contribution is 5.69. The molecule has 0 radical (unpaired) electrons. The van der Waals surface area contributed by atoms with Crippen LogP contribution in [0.1, 0.15) is 37.3 Å². The summed E-state index contributed by atoms with van der Waals surface area (Å²) in [6.45, 7) is 0.779. The molecule has 3 heterocycles. The zero-order chi connectivity index (χ0) is 15.3. The number of fused-ring (bicyclic) bond motifs is 1. The molecule has 0 aromatic carbocycles. The zero-order valence-electron chi connectivity index (χ0n) is 12.1. The minimum Gasteiger partial charge on any atom is -0.355 e. The average Bonchev–Trinajstić information content (AvgIpc) is 3.25. The molecule has 22 heavy (non-hydrogen) atoms. The normalized spacial score (nSPS) is 20.8. The van der Waals surface area contributed by atoms with Crippen LogP contribution in [0.15, 0.2) is 18.5 Å². The third-order valence-electron chi connectivity index (χ3n) is 4.64. The molecule has 4 rings (SSSR count). The Hall–Kier alpha value is -1.79. The maximum absolute atomic E-state index is 12.8. The van der Waals surface area contributed by atoms with Crippen LogP contribution >= 0.6 is 0 Å². The number of alkyl halides is 3. The van der Waals surface area contributed by atoms with E-state index in [1.165, 1.54) is 12.8 Å². The molecule has 0 amide bonds. The van der Waals surface area contributed by atoms with Gasteiger partial charge in [0.25, 0.3) is 0 Å². The van der Waals surface area contributed by atoms with Gasteiger partial charge in [-0.25, -0.2) is 9.50 Å². The fourth-order valence-electron chi connectivity index (χ4n) is 3.17. The van der Waals surface area contributed by atoms with Crippen LogP contribution in [-0.4, -0.2) is 33.9 Å². The van der Waals surface area contributed by atoms with Gasteiger partial charge in [0, 0.05) is 31.4 Å². The van der Waals surface area contributed by atoms with Crippen LogP contribution in [0.25, 0.3) is 5.52 Å². The van der Waals surface area contributed by atoms with Gasteiger partial charge in [-0.3, -0.25) is 0 Å². The van der Waals surface area contributed by atoms with E-state index in [1.807, 2.05) is 11.0 Å². The molecule has 2 fully saturated rings. The Bertz CT molecular complexity index is 682. The highest BCUT2D eigenvalue weighted by Crippen LogP contribution is 2.40. The lowest BCUT2D eigenvalue weighted by molar-refractivity contribution is -0.179. The van der Waals surface area contributed by atoms with Crippen molar-refractivity contribution in [3.8, 4) is 0 Å². The van der Waals surface area contributed by atoms with Gasteiger partial charge < -0.3 is 4.90 Å². The number of hydrogen-bond acceptors (Lipinski definition) is 3. The Morgan fingerprint density at radius 1 is 1.09 bits per heavy atom. The molecule has 7 heteroatoms. The number of piperidine rings is 1. The van der Waals surface area contributed by atoms with Gasteiger partial charge in [0.2, 0.25) is 0 Å². The van der Waals surface area contributed by atoms with Crippen LogP contribution in [0.2, 0.25) is 0 Å². The summed E-state index contributed by atoms with van der Waals surface area (Å²) in [7, 11) is 0.